The number of benzene rings is 2. The van der Waals surface area contributed by atoms with Gasteiger partial charge in [0.1, 0.15) is 0 Å². The molecule has 0 radical (unpaired) electrons. The van der Waals surface area contributed by atoms with E-state index < -0.39 is 0 Å². The quantitative estimate of drug-likeness (QED) is 0.566. The Morgan fingerprint density at radius 3 is 2.28 bits per heavy atom. The minimum absolute atomic E-state index is 0.0714. The number of ketones is 1. The first-order valence-electron chi connectivity index (χ1n) is 6.58. The maximum absolute atomic E-state index is 11.9. The van der Waals surface area contributed by atoms with E-state index in [2.05, 4.69) is 12.1 Å². The zero-order valence-electron chi connectivity index (χ0n) is 11.2. The molecule has 0 amide bonds. The number of carbonyl (C=O) groups is 1. The van der Waals surface area contributed by atoms with Gasteiger partial charge in [0, 0.05) is 5.56 Å². The molecule has 18 heavy (non-hydrogen) atoms. The van der Waals surface area contributed by atoms with E-state index in [0.717, 1.165) is 6.42 Å². The molecule has 0 saturated carbocycles. The molecule has 0 aliphatic heterocycles. The van der Waals surface area contributed by atoms with E-state index >= 15 is 0 Å². The fourth-order valence-corrected chi connectivity index (χ4v) is 1.72. The van der Waals surface area contributed by atoms with Gasteiger partial charge in [0.05, 0.1) is 1.37 Å². The predicted octanol–water partition coefficient (Wildman–Crippen LogP) is 4.06. The van der Waals surface area contributed by atoms with Crippen LogP contribution in [-0.2, 0) is 6.42 Å². The molecule has 2 aromatic carbocycles. The highest BCUT2D eigenvalue weighted by Crippen LogP contribution is 2.04. The molecule has 1 heteroatoms. The third-order valence-corrected chi connectivity index (χ3v) is 2.69. The number of rotatable bonds is 5. The first-order chi connectivity index (χ1) is 9.27. The molecular weight excluding hydrogens is 220 g/mol. The molecule has 0 aliphatic rings. The summed E-state index contributed by atoms with van der Waals surface area (Å²) in [6.07, 6.45) is 3.26. The van der Waals surface area contributed by atoms with Gasteiger partial charge in [-0.25, -0.2) is 0 Å². The van der Waals surface area contributed by atoms with Gasteiger partial charge in [-0.15, -0.1) is 0 Å². The van der Waals surface area contributed by atoms with Gasteiger partial charge >= 0.3 is 0 Å². The largest absolute Gasteiger partial charge is 0.289 e. The topological polar surface area (TPSA) is 17.1 Å². The molecule has 2 rings (SSSR count). The maximum atomic E-state index is 11.9. The van der Waals surface area contributed by atoms with Crippen LogP contribution < -0.4 is 0 Å². The zero-order chi connectivity index (χ0) is 13.5. The number of carbonyl (C=O) groups excluding carboxylic acids is 1. The lowest BCUT2D eigenvalue weighted by molar-refractivity contribution is 0.104. The summed E-state index contributed by atoms with van der Waals surface area (Å²) in [5.74, 6) is -0.214. The third kappa shape index (κ3) is 3.70. The van der Waals surface area contributed by atoms with Crippen molar-refractivity contribution in [1.82, 2.24) is 0 Å². The van der Waals surface area contributed by atoms with Crippen molar-refractivity contribution in [3.8, 4) is 0 Å². The average Bonchev–Trinajstić information content (AvgIpc) is 2.48. The van der Waals surface area contributed by atoms with Crippen molar-refractivity contribution in [1.29, 1.82) is 0 Å². The van der Waals surface area contributed by atoms with Crippen molar-refractivity contribution in [2.75, 3.05) is 0 Å². The standard InChI is InChI=1S/C17H16O/c18-17(16-12-5-2-6-13-16)14-8-7-11-15-9-3-1-4-10-15/h1-6,8-10,12-14H,7,11H2/b14-8+/i14D. The SMILES string of the molecule is [2H]/C(=C\CCc1ccccc1)C(=O)c1ccccc1. The van der Waals surface area contributed by atoms with E-state index in [4.69, 9.17) is 1.37 Å². The molecule has 1 nitrogen and oxygen atoms in total. The average molecular weight is 237 g/mol. The van der Waals surface area contributed by atoms with E-state index in [1.165, 1.54) is 5.56 Å². The van der Waals surface area contributed by atoms with Crippen LogP contribution in [0.1, 0.15) is 23.7 Å². The summed E-state index contributed by atoms with van der Waals surface area (Å²) < 4.78 is 7.79. The summed E-state index contributed by atoms with van der Waals surface area (Å²) in [5.41, 5.74) is 1.79. The van der Waals surface area contributed by atoms with Crippen LogP contribution in [0.5, 0.6) is 0 Å². The fourth-order valence-electron chi connectivity index (χ4n) is 1.72. The molecule has 0 fully saturated rings. The van der Waals surface area contributed by atoms with Gasteiger partial charge in [-0.2, -0.15) is 0 Å². The van der Waals surface area contributed by atoms with Gasteiger partial charge in [0.25, 0.3) is 0 Å². The van der Waals surface area contributed by atoms with Crippen LogP contribution in [0.3, 0.4) is 0 Å². The van der Waals surface area contributed by atoms with Crippen LogP contribution in [0, 0.1) is 0 Å². The Kier molecular flexibility index (Phi) is 3.99. The maximum Gasteiger partial charge on any atom is 0.185 e. The summed E-state index contributed by atoms with van der Waals surface area (Å²) in [4.78, 5) is 11.9. The Morgan fingerprint density at radius 1 is 1.00 bits per heavy atom. The van der Waals surface area contributed by atoms with Gasteiger partial charge in [0.2, 0.25) is 0 Å². The highest BCUT2D eigenvalue weighted by molar-refractivity contribution is 6.04. The predicted molar refractivity (Wildman–Crippen MR) is 74.7 cm³/mol. The minimum Gasteiger partial charge on any atom is -0.289 e. The highest BCUT2D eigenvalue weighted by Gasteiger charge is 1.98. The second-order valence-electron chi connectivity index (χ2n) is 4.07. The van der Waals surface area contributed by atoms with Crippen molar-refractivity contribution in [3.05, 3.63) is 83.9 Å². The lowest BCUT2D eigenvalue weighted by atomic mass is 10.1. The van der Waals surface area contributed by atoms with Crippen molar-refractivity contribution in [2.45, 2.75) is 12.8 Å². The van der Waals surface area contributed by atoms with Crippen LogP contribution in [0.25, 0.3) is 0 Å². The molecule has 0 aromatic heterocycles. The molecule has 0 heterocycles. The summed E-state index contributed by atoms with van der Waals surface area (Å²) in [6.45, 7) is 0. The summed E-state index contributed by atoms with van der Waals surface area (Å²) in [7, 11) is 0. The Balaban J connectivity index is 1.94. The molecule has 90 valence electrons. The molecule has 0 atom stereocenters. The lowest BCUT2D eigenvalue weighted by Crippen LogP contribution is -1.93. The molecule has 0 N–H and O–H groups in total. The van der Waals surface area contributed by atoms with E-state index in [9.17, 15) is 4.79 Å². The molecular formula is C17H16O. The molecule has 2 aromatic rings. The van der Waals surface area contributed by atoms with Gasteiger partial charge in [-0.3, -0.25) is 4.79 Å². The normalized spacial score (nSPS) is 12.0. The summed E-state index contributed by atoms with van der Waals surface area (Å²) in [6, 6.07) is 19.1. The van der Waals surface area contributed by atoms with Crippen molar-refractivity contribution >= 4 is 5.78 Å². The van der Waals surface area contributed by atoms with E-state index in [1.807, 2.05) is 36.4 Å². The Bertz CT molecular complexity index is 558. The van der Waals surface area contributed by atoms with Gasteiger partial charge in [-0.05, 0) is 24.5 Å². The second kappa shape index (κ2) is 6.55. The van der Waals surface area contributed by atoms with Crippen LogP contribution in [0.15, 0.2) is 72.8 Å². The Morgan fingerprint density at radius 2 is 1.61 bits per heavy atom. The van der Waals surface area contributed by atoms with Crippen molar-refractivity contribution in [2.24, 2.45) is 0 Å². The highest BCUT2D eigenvalue weighted by atomic mass is 16.1. The summed E-state index contributed by atoms with van der Waals surface area (Å²) >= 11 is 0. The minimum atomic E-state index is -0.214. The van der Waals surface area contributed by atoms with Crippen LogP contribution >= 0.6 is 0 Å². The van der Waals surface area contributed by atoms with E-state index in [0.29, 0.717) is 12.0 Å². The molecule has 0 aliphatic carbocycles. The number of aryl methyl sites for hydroxylation is 1. The van der Waals surface area contributed by atoms with E-state index in [1.54, 1.807) is 18.2 Å². The molecule has 0 spiro atoms. The van der Waals surface area contributed by atoms with Crippen LogP contribution in [-0.4, -0.2) is 5.78 Å². The number of hydrogen-bond donors (Lipinski definition) is 0. The third-order valence-electron chi connectivity index (χ3n) is 2.69. The molecule has 0 bridgehead atoms. The molecule has 0 saturated heterocycles. The number of allylic oxidation sites excluding steroid dienone is 2. The monoisotopic (exact) mass is 237 g/mol. The molecule has 0 unspecified atom stereocenters. The second-order valence-corrected chi connectivity index (χ2v) is 4.07. The van der Waals surface area contributed by atoms with Crippen molar-refractivity contribution < 1.29 is 6.17 Å². The summed E-state index contributed by atoms with van der Waals surface area (Å²) in [5, 5.41) is 0. The first kappa shape index (κ1) is 11.0. The first-order valence-corrected chi connectivity index (χ1v) is 6.08. The fraction of sp³-hybridized carbons (Fsp3) is 0.118. The van der Waals surface area contributed by atoms with E-state index in [-0.39, 0.29) is 11.8 Å². The lowest BCUT2D eigenvalue weighted by Gasteiger charge is -1.97. The number of hydrogen-bond acceptors (Lipinski definition) is 1. The van der Waals surface area contributed by atoms with Gasteiger partial charge < -0.3 is 0 Å². The van der Waals surface area contributed by atoms with Gasteiger partial charge in [-0.1, -0.05) is 66.7 Å². The zero-order valence-corrected chi connectivity index (χ0v) is 10.2. The Labute approximate surface area is 109 Å². The Hall–Kier alpha value is -2.15. The van der Waals surface area contributed by atoms with Gasteiger partial charge in [0.15, 0.2) is 5.78 Å². The van der Waals surface area contributed by atoms with Crippen molar-refractivity contribution in [3.63, 3.8) is 0 Å². The van der Waals surface area contributed by atoms with Crippen LogP contribution in [0.4, 0.5) is 0 Å². The smallest absolute Gasteiger partial charge is 0.185 e. The van der Waals surface area contributed by atoms with Crippen LogP contribution in [0.2, 0.25) is 0 Å².